The van der Waals surface area contributed by atoms with E-state index < -0.39 is 12.2 Å². The van der Waals surface area contributed by atoms with Crippen molar-refractivity contribution in [3.05, 3.63) is 34.4 Å². The average Bonchev–Trinajstić information content (AvgIpc) is 2.18. The van der Waals surface area contributed by atoms with E-state index in [-0.39, 0.29) is 11.4 Å². The Balaban J connectivity index is 2.90. The zero-order valence-corrected chi connectivity index (χ0v) is 7.55. The van der Waals surface area contributed by atoms with E-state index in [2.05, 4.69) is 8.86 Å². The smallest absolute Gasteiger partial charge is 0.506 e. The SMILES string of the molecule is O=[N+]([O-])c1ccccc1OB(O)OCl. The summed E-state index contributed by atoms with van der Waals surface area (Å²) >= 11 is 4.79. The van der Waals surface area contributed by atoms with Gasteiger partial charge in [0.25, 0.3) is 0 Å². The van der Waals surface area contributed by atoms with Crippen LogP contribution in [0.4, 0.5) is 5.69 Å². The van der Waals surface area contributed by atoms with Crippen LogP contribution in [0.15, 0.2) is 24.3 Å². The lowest BCUT2D eigenvalue weighted by Crippen LogP contribution is -2.22. The molecule has 1 aromatic rings. The van der Waals surface area contributed by atoms with Crippen LogP contribution in [0.2, 0.25) is 0 Å². The van der Waals surface area contributed by atoms with Crippen LogP contribution in [0.25, 0.3) is 0 Å². The molecule has 14 heavy (non-hydrogen) atoms. The number of benzene rings is 1. The van der Waals surface area contributed by atoms with Gasteiger partial charge in [-0.1, -0.05) is 12.1 Å². The standard InChI is InChI=1S/C6H5BClNO5/c8-14-7(10)13-6-4-2-1-3-5(6)9(11)12/h1-4,10H. The molecule has 8 heteroatoms. The third-order valence-corrected chi connectivity index (χ3v) is 1.52. The zero-order valence-electron chi connectivity index (χ0n) is 6.79. The summed E-state index contributed by atoms with van der Waals surface area (Å²) < 4.78 is 8.49. The van der Waals surface area contributed by atoms with Gasteiger partial charge in [-0.05, 0) is 6.07 Å². The topological polar surface area (TPSA) is 81.8 Å². The van der Waals surface area contributed by atoms with Gasteiger partial charge in [0, 0.05) is 17.9 Å². The molecule has 0 heterocycles. The van der Waals surface area contributed by atoms with Crippen molar-refractivity contribution >= 4 is 24.9 Å². The lowest BCUT2D eigenvalue weighted by Gasteiger charge is -2.05. The summed E-state index contributed by atoms with van der Waals surface area (Å²) in [7, 11) is -1.74. The van der Waals surface area contributed by atoms with E-state index in [1.807, 2.05) is 0 Å². The number of nitro groups is 1. The van der Waals surface area contributed by atoms with E-state index in [1.165, 1.54) is 24.3 Å². The fourth-order valence-electron chi connectivity index (χ4n) is 0.834. The maximum atomic E-state index is 10.5. The van der Waals surface area contributed by atoms with Gasteiger partial charge >= 0.3 is 13.0 Å². The Morgan fingerprint density at radius 1 is 1.50 bits per heavy atom. The van der Waals surface area contributed by atoms with Gasteiger partial charge in [0.15, 0.2) is 5.75 Å². The molecule has 0 spiro atoms. The number of hydrogen-bond donors (Lipinski definition) is 1. The van der Waals surface area contributed by atoms with Crippen LogP contribution in [-0.2, 0) is 4.21 Å². The summed E-state index contributed by atoms with van der Waals surface area (Å²) in [4.78, 5) is 9.82. The van der Waals surface area contributed by atoms with Crippen molar-refractivity contribution in [1.82, 2.24) is 0 Å². The molecule has 0 aliphatic heterocycles. The van der Waals surface area contributed by atoms with Crippen molar-refractivity contribution in [3.63, 3.8) is 0 Å². The van der Waals surface area contributed by atoms with Gasteiger partial charge in [0.05, 0.1) is 4.92 Å². The summed E-state index contributed by atoms with van der Waals surface area (Å²) in [5, 5.41) is 19.3. The number of hydrogen-bond acceptors (Lipinski definition) is 5. The predicted molar refractivity (Wildman–Crippen MR) is 48.6 cm³/mol. The molecule has 0 fully saturated rings. The molecule has 0 aromatic heterocycles. The largest absolute Gasteiger partial charge is 0.727 e. The van der Waals surface area contributed by atoms with Crippen molar-refractivity contribution in [1.29, 1.82) is 0 Å². The summed E-state index contributed by atoms with van der Waals surface area (Å²) in [6, 6.07) is 5.54. The summed E-state index contributed by atoms with van der Waals surface area (Å²) in [5.41, 5.74) is -0.278. The minimum absolute atomic E-state index is 0.120. The van der Waals surface area contributed by atoms with Gasteiger partial charge < -0.3 is 9.68 Å². The molecule has 1 aromatic carbocycles. The van der Waals surface area contributed by atoms with Crippen LogP contribution >= 0.6 is 11.9 Å². The van der Waals surface area contributed by atoms with Gasteiger partial charge in [-0.2, -0.15) is 0 Å². The zero-order chi connectivity index (χ0) is 10.6. The van der Waals surface area contributed by atoms with E-state index in [4.69, 9.17) is 16.9 Å². The monoisotopic (exact) mass is 217 g/mol. The molecule has 74 valence electrons. The molecule has 0 saturated heterocycles. The van der Waals surface area contributed by atoms with Crippen LogP contribution in [0.1, 0.15) is 0 Å². The predicted octanol–water partition coefficient (Wildman–Crippen LogP) is 1.12. The molecule has 0 atom stereocenters. The first-order valence-corrected chi connectivity index (χ1v) is 3.81. The molecule has 0 aliphatic carbocycles. The Morgan fingerprint density at radius 3 is 2.71 bits per heavy atom. The van der Waals surface area contributed by atoms with Crippen molar-refractivity contribution < 1.29 is 18.8 Å². The maximum Gasteiger partial charge on any atom is 0.727 e. The van der Waals surface area contributed by atoms with E-state index in [0.717, 1.165) is 0 Å². The van der Waals surface area contributed by atoms with E-state index in [0.29, 0.717) is 0 Å². The minimum Gasteiger partial charge on any atom is -0.506 e. The van der Waals surface area contributed by atoms with Crippen molar-refractivity contribution in [2.45, 2.75) is 0 Å². The molecule has 0 aliphatic rings. The number of nitrogens with zero attached hydrogens (tertiary/aromatic N) is 1. The Labute approximate surface area is 84.5 Å². The van der Waals surface area contributed by atoms with Crippen molar-refractivity contribution in [2.75, 3.05) is 0 Å². The first-order valence-electron chi connectivity index (χ1n) is 3.50. The fraction of sp³-hybridized carbons (Fsp3) is 0. The molecule has 0 amide bonds. The van der Waals surface area contributed by atoms with Gasteiger partial charge in [-0.15, -0.1) is 0 Å². The van der Waals surface area contributed by atoms with Gasteiger partial charge in [0.1, 0.15) is 0 Å². The second kappa shape index (κ2) is 4.80. The highest BCUT2D eigenvalue weighted by atomic mass is 35.5. The number of halogens is 1. The summed E-state index contributed by atoms with van der Waals surface area (Å²) in [5.74, 6) is -0.120. The molecule has 0 unspecified atom stereocenters. The van der Waals surface area contributed by atoms with E-state index in [1.54, 1.807) is 0 Å². The second-order valence-electron chi connectivity index (χ2n) is 2.24. The van der Waals surface area contributed by atoms with E-state index >= 15 is 0 Å². The first kappa shape index (κ1) is 10.8. The molecule has 0 radical (unpaired) electrons. The highest BCUT2D eigenvalue weighted by Gasteiger charge is 2.23. The summed E-state index contributed by atoms with van der Waals surface area (Å²) in [6.07, 6.45) is 0. The Morgan fingerprint density at radius 2 is 2.14 bits per heavy atom. The molecular weight excluding hydrogens is 212 g/mol. The molecule has 6 nitrogen and oxygen atoms in total. The summed E-state index contributed by atoms with van der Waals surface area (Å²) in [6.45, 7) is 0. The van der Waals surface area contributed by atoms with Gasteiger partial charge in [0.2, 0.25) is 0 Å². The van der Waals surface area contributed by atoms with E-state index in [9.17, 15) is 10.1 Å². The Hall–Kier alpha value is -1.31. The number of rotatable bonds is 4. The highest BCUT2D eigenvalue weighted by Crippen LogP contribution is 2.26. The third-order valence-electron chi connectivity index (χ3n) is 1.37. The van der Waals surface area contributed by atoms with Gasteiger partial charge in [-0.25, -0.2) is 0 Å². The molecule has 0 bridgehead atoms. The van der Waals surface area contributed by atoms with Gasteiger partial charge in [-0.3, -0.25) is 14.3 Å². The fourth-order valence-corrected chi connectivity index (χ4v) is 0.871. The van der Waals surface area contributed by atoms with Crippen LogP contribution in [0, 0.1) is 10.1 Å². The number of nitro benzene ring substituents is 1. The Bertz CT molecular complexity index is 336. The second-order valence-corrected chi connectivity index (χ2v) is 2.42. The Kier molecular flexibility index (Phi) is 3.69. The highest BCUT2D eigenvalue weighted by molar-refractivity contribution is 6.42. The van der Waals surface area contributed by atoms with Crippen molar-refractivity contribution in [2.24, 2.45) is 0 Å². The normalized spacial score (nSPS) is 9.57. The molecule has 1 N–H and O–H groups in total. The van der Waals surface area contributed by atoms with Crippen LogP contribution in [0.5, 0.6) is 5.75 Å². The minimum atomic E-state index is -1.74. The molecule has 0 saturated carbocycles. The maximum absolute atomic E-state index is 10.5. The average molecular weight is 217 g/mol. The van der Waals surface area contributed by atoms with Crippen LogP contribution in [0.3, 0.4) is 0 Å². The van der Waals surface area contributed by atoms with Crippen LogP contribution < -0.4 is 4.65 Å². The first-order chi connectivity index (χ1) is 6.65. The van der Waals surface area contributed by atoms with Crippen molar-refractivity contribution in [3.8, 4) is 5.75 Å². The van der Waals surface area contributed by atoms with Crippen LogP contribution in [-0.4, -0.2) is 17.3 Å². The lowest BCUT2D eigenvalue weighted by atomic mass is 10.2. The lowest BCUT2D eigenvalue weighted by molar-refractivity contribution is -0.385. The number of para-hydroxylation sites is 2. The molecule has 1 rings (SSSR count). The quantitative estimate of drug-likeness (QED) is 0.464. The third kappa shape index (κ3) is 2.59. The molecular formula is C6H5BClNO5.